The van der Waals surface area contributed by atoms with Crippen LogP contribution in [0, 0.1) is 13.8 Å². The number of nitrogens with zero attached hydrogens (tertiary/aromatic N) is 2. The van der Waals surface area contributed by atoms with Gasteiger partial charge in [0, 0.05) is 5.56 Å². The van der Waals surface area contributed by atoms with Crippen molar-refractivity contribution in [1.82, 2.24) is 8.75 Å². The highest BCUT2D eigenvalue weighted by Crippen LogP contribution is 2.33. The van der Waals surface area contributed by atoms with Crippen LogP contribution in [0.2, 0.25) is 0 Å². The van der Waals surface area contributed by atoms with Gasteiger partial charge in [0.15, 0.2) is 0 Å². The van der Waals surface area contributed by atoms with E-state index in [1.54, 1.807) is 13.3 Å². The number of aliphatic hydroxyl groups is 1. The van der Waals surface area contributed by atoms with Crippen molar-refractivity contribution in [3.63, 3.8) is 0 Å². The van der Waals surface area contributed by atoms with Gasteiger partial charge in [-0.25, -0.2) is 0 Å². The summed E-state index contributed by atoms with van der Waals surface area (Å²) in [5.41, 5.74) is 3.40. The number of benzene rings is 1. The normalized spacial score (nSPS) is 12.5. The van der Waals surface area contributed by atoms with Gasteiger partial charge in [0.05, 0.1) is 25.0 Å². The topological polar surface area (TPSA) is 55.2 Å². The second-order valence-electron chi connectivity index (χ2n) is 3.93. The minimum atomic E-state index is -0.788. The first-order valence-corrected chi connectivity index (χ1v) is 5.97. The first-order chi connectivity index (χ1) is 8.13. The first kappa shape index (κ1) is 12.0. The van der Waals surface area contributed by atoms with E-state index in [1.165, 1.54) is 0 Å². The number of aromatic nitrogens is 2. The molecule has 5 heteroatoms. The molecule has 2 rings (SSSR count). The molecule has 0 amide bonds. The zero-order chi connectivity index (χ0) is 12.4. The lowest BCUT2D eigenvalue weighted by atomic mass is 9.98. The van der Waals surface area contributed by atoms with Crippen LogP contribution in [0.5, 0.6) is 5.75 Å². The van der Waals surface area contributed by atoms with Crippen LogP contribution < -0.4 is 4.74 Å². The van der Waals surface area contributed by atoms with Crippen molar-refractivity contribution >= 4 is 11.7 Å². The van der Waals surface area contributed by atoms with E-state index in [9.17, 15) is 5.11 Å². The van der Waals surface area contributed by atoms with E-state index >= 15 is 0 Å². The molecule has 17 heavy (non-hydrogen) atoms. The lowest BCUT2D eigenvalue weighted by Gasteiger charge is -2.16. The summed E-state index contributed by atoms with van der Waals surface area (Å²) in [6.07, 6.45) is 0.790. The molecule has 1 atom stereocenters. The van der Waals surface area contributed by atoms with Crippen molar-refractivity contribution in [3.8, 4) is 5.75 Å². The molecular formula is C12H14N2O2S. The van der Waals surface area contributed by atoms with E-state index in [4.69, 9.17) is 4.74 Å². The highest BCUT2D eigenvalue weighted by atomic mass is 32.1. The van der Waals surface area contributed by atoms with Crippen LogP contribution >= 0.6 is 11.7 Å². The average Bonchev–Trinajstić information content (AvgIpc) is 2.80. The van der Waals surface area contributed by atoms with Crippen molar-refractivity contribution in [2.24, 2.45) is 0 Å². The Kier molecular flexibility index (Phi) is 3.40. The SMILES string of the molecule is COc1cc(C)cc(C)c1C(O)c1cnsn1. The van der Waals surface area contributed by atoms with Crippen LogP contribution in [-0.4, -0.2) is 21.0 Å². The van der Waals surface area contributed by atoms with E-state index in [1.807, 2.05) is 26.0 Å². The molecule has 2 aromatic rings. The van der Waals surface area contributed by atoms with Gasteiger partial charge in [-0.05, 0) is 31.0 Å². The van der Waals surface area contributed by atoms with Gasteiger partial charge in [-0.1, -0.05) is 6.07 Å². The third-order valence-electron chi connectivity index (χ3n) is 2.65. The van der Waals surface area contributed by atoms with Gasteiger partial charge in [0.25, 0.3) is 0 Å². The Morgan fingerprint density at radius 3 is 2.71 bits per heavy atom. The van der Waals surface area contributed by atoms with E-state index in [2.05, 4.69) is 8.75 Å². The van der Waals surface area contributed by atoms with E-state index in [0.717, 1.165) is 28.4 Å². The molecule has 1 N–H and O–H groups in total. The summed E-state index contributed by atoms with van der Waals surface area (Å²) in [7, 11) is 1.60. The van der Waals surface area contributed by atoms with E-state index in [0.29, 0.717) is 11.4 Å². The molecular weight excluding hydrogens is 236 g/mol. The summed E-state index contributed by atoms with van der Waals surface area (Å²) in [5, 5.41) is 10.3. The Balaban J connectivity index is 2.51. The maximum atomic E-state index is 10.3. The third-order valence-corrected chi connectivity index (χ3v) is 3.14. The fourth-order valence-corrected chi connectivity index (χ4v) is 2.34. The molecule has 0 radical (unpaired) electrons. The van der Waals surface area contributed by atoms with Gasteiger partial charge in [0.2, 0.25) is 0 Å². The number of aryl methyl sites for hydroxylation is 2. The maximum Gasteiger partial charge on any atom is 0.127 e. The minimum absolute atomic E-state index is 0.556. The predicted octanol–water partition coefficient (Wildman–Crippen LogP) is 2.25. The molecule has 0 aliphatic heterocycles. The van der Waals surface area contributed by atoms with Crippen LogP contribution in [0.1, 0.15) is 28.5 Å². The zero-order valence-electron chi connectivity index (χ0n) is 9.97. The number of rotatable bonds is 3. The van der Waals surface area contributed by atoms with Crippen molar-refractivity contribution in [3.05, 3.63) is 40.7 Å². The van der Waals surface area contributed by atoms with Gasteiger partial charge in [-0.3, -0.25) is 0 Å². The molecule has 0 spiro atoms. The molecule has 0 bridgehead atoms. The van der Waals surface area contributed by atoms with Crippen molar-refractivity contribution in [2.75, 3.05) is 7.11 Å². The monoisotopic (exact) mass is 250 g/mol. The summed E-state index contributed by atoms with van der Waals surface area (Å²) in [6.45, 7) is 3.95. The van der Waals surface area contributed by atoms with Crippen molar-refractivity contribution < 1.29 is 9.84 Å². The molecule has 0 saturated carbocycles. The summed E-state index contributed by atoms with van der Waals surface area (Å²) >= 11 is 1.08. The van der Waals surface area contributed by atoms with E-state index < -0.39 is 6.10 Å². The fourth-order valence-electron chi connectivity index (χ4n) is 1.90. The van der Waals surface area contributed by atoms with Crippen LogP contribution in [0.4, 0.5) is 0 Å². The molecule has 0 aliphatic rings. The van der Waals surface area contributed by atoms with Crippen molar-refractivity contribution in [2.45, 2.75) is 20.0 Å². The van der Waals surface area contributed by atoms with Crippen LogP contribution in [0.25, 0.3) is 0 Å². The summed E-state index contributed by atoms with van der Waals surface area (Å²) < 4.78 is 13.3. The van der Waals surface area contributed by atoms with Crippen LogP contribution in [0.3, 0.4) is 0 Å². The smallest absolute Gasteiger partial charge is 0.127 e. The number of aliphatic hydroxyl groups excluding tert-OH is 1. The quantitative estimate of drug-likeness (QED) is 0.907. The molecule has 90 valence electrons. The number of hydrogen-bond acceptors (Lipinski definition) is 5. The first-order valence-electron chi connectivity index (χ1n) is 5.24. The Labute approximate surface area is 104 Å². The van der Waals surface area contributed by atoms with Crippen molar-refractivity contribution in [1.29, 1.82) is 0 Å². The van der Waals surface area contributed by atoms with Gasteiger partial charge in [0.1, 0.15) is 17.5 Å². The Bertz CT molecular complexity index is 511. The summed E-state index contributed by atoms with van der Waals surface area (Å²) in [5.74, 6) is 0.683. The number of ether oxygens (including phenoxy) is 1. The molecule has 0 saturated heterocycles. The Hall–Kier alpha value is -1.46. The second kappa shape index (κ2) is 4.81. The average molecular weight is 250 g/mol. The molecule has 4 nitrogen and oxygen atoms in total. The molecule has 0 fully saturated rings. The van der Waals surface area contributed by atoms with E-state index in [-0.39, 0.29) is 0 Å². The predicted molar refractivity (Wildman–Crippen MR) is 66.4 cm³/mol. The molecule has 1 aromatic carbocycles. The highest BCUT2D eigenvalue weighted by molar-refractivity contribution is 6.99. The van der Waals surface area contributed by atoms with Gasteiger partial charge in [-0.2, -0.15) is 8.75 Å². The molecule has 1 heterocycles. The highest BCUT2D eigenvalue weighted by Gasteiger charge is 2.20. The maximum absolute atomic E-state index is 10.3. The molecule has 0 aliphatic carbocycles. The Morgan fingerprint density at radius 2 is 2.12 bits per heavy atom. The lowest BCUT2D eigenvalue weighted by molar-refractivity contribution is 0.210. The zero-order valence-corrected chi connectivity index (χ0v) is 10.8. The second-order valence-corrected chi connectivity index (χ2v) is 4.49. The van der Waals surface area contributed by atoms with Gasteiger partial charge >= 0.3 is 0 Å². The molecule has 1 unspecified atom stereocenters. The third kappa shape index (κ3) is 2.30. The standard InChI is InChI=1S/C12H14N2O2S/c1-7-4-8(2)11(10(5-7)16-3)12(15)9-6-13-17-14-9/h4-6,12,15H,1-3H3. The molecule has 1 aromatic heterocycles. The summed E-state index contributed by atoms with van der Waals surface area (Å²) in [6, 6.07) is 3.92. The van der Waals surface area contributed by atoms with Gasteiger partial charge in [-0.15, -0.1) is 0 Å². The van der Waals surface area contributed by atoms with Crippen LogP contribution in [0.15, 0.2) is 18.3 Å². The van der Waals surface area contributed by atoms with Crippen LogP contribution in [-0.2, 0) is 0 Å². The largest absolute Gasteiger partial charge is 0.496 e. The number of methoxy groups -OCH3 is 1. The lowest BCUT2D eigenvalue weighted by Crippen LogP contribution is -2.05. The summed E-state index contributed by atoms with van der Waals surface area (Å²) in [4.78, 5) is 0. The Morgan fingerprint density at radius 1 is 1.35 bits per heavy atom. The fraction of sp³-hybridized carbons (Fsp3) is 0.333. The van der Waals surface area contributed by atoms with Gasteiger partial charge < -0.3 is 9.84 Å². The minimum Gasteiger partial charge on any atom is -0.496 e. The number of hydrogen-bond donors (Lipinski definition) is 1.